The lowest BCUT2D eigenvalue weighted by Crippen LogP contribution is -2.22. The predicted octanol–water partition coefficient (Wildman–Crippen LogP) is 4.98. The quantitative estimate of drug-likeness (QED) is 0.470. The highest BCUT2D eigenvalue weighted by atomic mass is 16.3. The smallest absolute Gasteiger partial charge is 0.261 e. The number of nitrogens with one attached hydrogen (secondary N) is 1. The standard InChI is InChI=1S/C26H25N3O3/c1-4-18-7-5-6-8-23(18)29-26-22(25(31)28-20-11-9-16(2)10-12-20)13-21-19(15-30)14-27-17(3)24(21)32-26/h5-14,30H,4,15H2,1-3H3,(H,28,31). The molecule has 1 amide bonds. The summed E-state index contributed by atoms with van der Waals surface area (Å²) < 4.78 is 6.15. The Morgan fingerprint density at radius 1 is 1.09 bits per heavy atom. The Hall–Kier alpha value is -3.77. The number of nitrogens with zero attached hydrogens (tertiary/aromatic N) is 2. The fraction of sp³-hybridized carbons (Fsp3) is 0.192. The van der Waals surface area contributed by atoms with E-state index in [1.807, 2.05) is 62.4 Å². The number of aryl methyl sites for hydroxylation is 3. The summed E-state index contributed by atoms with van der Waals surface area (Å²) in [7, 11) is 0. The Bertz CT molecular complexity index is 1360. The number of aliphatic hydroxyl groups excluding tert-OH is 1. The maximum atomic E-state index is 13.3. The fourth-order valence-electron chi connectivity index (χ4n) is 3.52. The average Bonchev–Trinajstić information content (AvgIpc) is 2.81. The van der Waals surface area contributed by atoms with E-state index in [0.717, 1.165) is 23.2 Å². The van der Waals surface area contributed by atoms with Gasteiger partial charge in [-0.05, 0) is 50.1 Å². The van der Waals surface area contributed by atoms with Crippen molar-refractivity contribution in [2.75, 3.05) is 5.32 Å². The van der Waals surface area contributed by atoms with Gasteiger partial charge >= 0.3 is 0 Å². The van der Waals surface area contributed by atoms with Crippen molar-refractivity contribution < 1.29 is 14.3 Å². The van der Waals surface area contributed by atoms with E-state index in [1.54, 1.807) is 12.3 Å². The van der Waals surface area contributed by atoms with E-state index in [4.69, 9.17) is 9.41 Å². The number of aromatic nitrogens is 1. The Kier molecular flexibility index (Phi) is 6.14. The van der Waals surface area contributed by atoms with Gasteiger partial charge in [-0.2, -0.15) is 0 Å². The summed E-state index contributed by atoms with van der Waals surface area (Å²) in [6.07, 6.45) is 2.39. The van der Waals surface area contributed by atoms with Crippen LogP contribution < -0.4 is 10.9 Å². The van der Waals surface area contributed by atoms with Crippen molar-refractivity contribution in [1.82, 2.24) is 4.98 Å². The van der Waals surface area contributed by atoms with E-state index in [-0.39, 0.29) is 23.6 Å². The van der Waals surface area contributed by atoms with Crippen LogP contribution >= 0.6 is 0 Å². The molecule has 2 aromatic heterocycles. The number of hydrogen-bond acceptors (Lipinski definition) is 5. The maximum absolute atomic E-state index is 13.3. The van der Waals surface area contributed by atoms with Crippen LogP contribution in [-0.4, -0.2) is 16.0 Å². The van der Waals surface area contributed by atoms with Gasteiger partial charge in [0.1, 0.15) is 5.56 Å². The molecular formula is C26H25N3O3. The molecule has 32 heavy (non-hydrogen) atoms. The highest BCUT2D eigenvalue weighted by Crippen LogP contribution is 2.23. The normalized spacial score (nSPS) is 11.7. The third kappa shape index (κ3) is 4.31. The van der Waals surface area contributed by atoms with E-state index < -0.39 is 0 Å². The maximum Gasteiger partial charge on any atom is 0.261 e. The summed E-state index contributed by atoms with van der Waals surface area (Å²) in [5.74, 6) is -0.342. The Morgan fingerprint density at radius 2 is 1.84 bits per heavy atom. The molecule has 2 N–H and O–H groups in total. The summed E-state index contributed by atoms with van der Waals surface area (Å²) in [4.78, 5) is 22.3. The number of amides is 1. The minimum Gasteiger partial charge on any atom is -0.436 e. The van der Waals surface area contributed by atoms with Crippen molar-refractivity contribution in [1.29, 1.82) is 0 Å². The van der Waals surface area contributed by atoms with E-state index in [9.17, 15) is 9.90 Å². The zero-order valence-corrected chi connectivity index (χ0v) is 18.3. The summed E-state index contributed by atoms with van der Waals surface area (Å²) in [6.45, 7) is 5.65. The first-order chi connectivity index (χ1) is 15.5. The van der Waals surface area contributed by atoms with E-state index in [2.05, 4.69) is 17.2 Å². The number of fused-ring (bicyclic) bond motifs is 1. The van der Waals surface area contributed by atoms with E-state index >= 15 is 0 Å². The van der Waals surface area contributed by atoms with Gasteiger partial charge < -0.3 is 14.8 Å². The van der Waals surface area contributed by atoms with Gasteiger partial charge in [0.05, 0.1) is 18.0 Å². The van der Waals surface area contributed by atoms with Crippen LogP contribution in [0.2, 0.25) is 0 Å². The zero-order chi connectivity index (χ0) is 22.7. The number of carbonyl (C=O) groups is 1. The molecule has 0 unspecified atom stereocenters. The third-order valence-corrected chi connectivity index (χ3v) is 5.37. The van der Waals surface area contributed by atoms with Gasteiger partial charge in [0.2, 0.25) is 5.55 Å². The molecule has 0 aliphatic heterocycles. The summed E-state index contributed by atoms with van der Waals surface area (Å²) in [5.41, 5.74) is 5.78. The van der Waals surface area contributed by atoms with Crippen molar-refractivity contribution in [3.8, 4) is 0 Å². The second kappa shape index (κ2) is 9.16. The lowest BCUT2D eigenvalue weighted by molar-refractivity contribution is 0.102. The van der Waals surface area contributed by atoms with Gasteiger partial charge in [-0.3, -0.25) is 9.78 Å². The van der Waals surface area contributed by atoms with Crippen LogP contribution in [0.5, 0.6) is 0 Å². The molecule has 162 valence electrons. The molecule has 0 aliphatic carbocycles. The molecular weight excluding hydrogens is 402 g/mol. The molecule has 6 heteroatoms. The van der Waals surface area contributed by atoms with Crippen molar-refractivity contribution >= 4 is 28.3 Å². The Balaban J connectivity index is 1.94. The van der Waals surface area contributed by atoms with Crippen LogP contribution in [0.15, 0.2) is 70.2 Å². The fourth-order valence-corrected chi connectivity index (χ4v) is 3.52. The van der Waals surface area contributed by atoms with Crippen LogP contribution in [0, 0.1) is 13.8 Å². The molecule has 0 bridgehead atoms. The summed E-state index contributed by atoms with van der Waals surface area (Å²) in [6, 6.07) is 17.0. The van der Waals surface area contributed by atoms with Crippen molar-refractivity contribution in [3.63, 3.8) is 0 Å². The van der Waals surface area contributed by atoms with Crippen molar-refractivity contribution in [3.05, 3.63) is 94.3 Å². The molecule has 4 rings (SSSR count). The molecule has 0 spiro atoms. The van der Waals surface area contributed by atoms with Crippen LogP contribution in [0.25, 0.3) is 11.0 Å². The summed E-state index contributed by atoms with van der Waals surface area (Å²) >= 11 is 0. The number of rotatable bonds is 5. The Labute approximate surface area is 186 Å². The summed E-state index contributed by atoms with van der Waals surface area (Å²) in [5, 5.41) is 13.3. The number of benzene rings is 2. The minimum atomic E-state index is -0.342. The van der Waals surface area contributed by atoms with Crippen LogP contribution in [0.3, 0.4) is 0 Å². The lowest BCUT2D eigenvalue weighted by atomic mass is 10.1. The number of para-hydroxylation sites is 1. The molecule has 2 heterocycles. The molecule has 2 aromatic carbocycles. The van der Waals surface area contributed by atoms with Gasteiger partial charge in [-0.25, -0.2) is 4.99 Å². The molecule has 0 aliphatic rings. The first kappa shape index (κ1) is 21.5. The van der Waals surface area contributed by atoms with Crippen LogP contribution in [0.1, 0.15) is 39.7 Å². The molecule has 0 radical (unpaired) electrons. The van der Waals surface area contributed by atoms with Crippen molar-refractivity contribution in [2.24, 2.45) is 4.99 Å². The number of hydrogen-bond donors (Lipinski definition) is 2. The lowest BCUT2D eigenvalue weighted by Gasteiger charge is -2.10. The van der Waals surface area contributed by atoms with Gasteiger partial charge in [0.25, 0.3) is 5.91 Å². The highest BCUT2D eigenvalue weighted by molar-refractivity contribution is 6.05. The molecule has 6 nitrogen and oxygen atoms in total. The average molecular weight is 428 g/mol. The van der Waals surface area contributed by atoms with Gasteiger partial charge in [0.15, 0.2) is 5.58 Å². The van der Waals surface area contributed by atoms with Gasteiger partial charge in [-0.15, -0.1) is 0 Å². The van der Waals surface area contributed by atoms with Gasteiger partial charge in [-0.1, -0.05) is 42.8 Å². The van der Waals surface area contributed by atoms with Crippen LogP contribution in [-0.2, 0) is 13.0 Å². The number of pyridine rings is 1. The van der Waals surface area contributed by atoms with E-state index in [1.165, 1.54) is 0 Å². The first-order valence-corrected chi connectivity index (χ1v) is 10.5. The second-order valence-corrected chi connectivity index (χ2v) is 7.65. The largest absolute Gasteiger partial charge is 0.436 e. The number of aliphatic hydroxyl groups is 1. The van der Waals surface area contributed by atoms with Gasteiger partial charge in [0, 0.05) is 22.8 Å². The molecule has 0 atom stereocenters. The topological polar surface area (TPSA) is 87.7 Å². The van der Waals surface area contributed by atoms with E-state index in [0.29, 0.717) is 27.9 Å². The highest BCUT2D eigenvalue weighted by Gasteiger charge is 2.17. The number of carbonyl (C=O) groups excluding carboxylic acids is 1. The SMILES string of the molecule is CCc1ccccc1N=c1oc2c(C)ncc(CO)c2cc1C(=O)Nc1ccc(C)cc1. The number of anilines is 1. The molecule has 0 saturated heterocycles. The predicted molar refractivity (Wildman–Crippen MR) is 125 cm³/mol. The Morgan fingerprint density at radius 3 is 2.56 bits per heavy atom. The first-order valence-electron chi connectivity index (χ1n) is 10.5. The second-order valence-electron chi connectivity index (χ2n) is 7.65. The zero-order valence-electron chi connectivity index (χ0n) is 18.3. The van der Waals surface area contributed by atoms with Crippen LogP contribution in [0.4, 0.5) is 11.4 Å². The molecule has 0 fully saturated rings. The monoisotopic (exact) mass is 427 g/mol. The van der Waals surface area contributed by atoms with Crippen molar-refractivity contribution in [2.45, 2.75) is 33.8 Å². The molecule has 4 aromatic rings. The third-order valence-electron chi connectivity index (χ3n) is 5.37. The minimum absolute atomic E-state index is 0.197. The molecule has 0 saturated carbocycles.